The standard InChI is InChI=1S/C47H29N3O/c1-4-13-30(14-5-1)36-28-40(31-15-6-2-7-16-31)44-41(29-36)43-38(21-12-22-42(43)51-44)47-49-45(34-18-8-3-9-19-34)48-46(50-47)35-26-25-33-24-23-32-17-10-11-20-37(32)39(33)27-35/h1-29H/i2D,6D,7D,15D,16D. The van der Waals surface area contributed by atoms with Crippen molar-refractivity contribution < 1.29 is 11.3 Å². The van der Waals surface area contributed by atoms with Gasteiger partial charge in [0.25, 0.3) is 0 Å². The highest BCUT2D eigenvalue weighted by Crippen LogP contribution is 2.43. The van der Waals surface area contributed by atoms with Gasteiger partial charge in [-0.25, -0.2) is 15.0 Å². The van der Waals surface area contributed by atoms with E-state index < -0.39 is 18.1 Å². The fourth-order valence-corrected chi connectivity index (χ4v) is 6.97. The van der Waals surface area contributed by atoms with Gasteiger partial charge < -0.3 is 4.42 Å². The molecule has 0 amide bonds. The summed E-state index contributed by atoms with van der Waals surface area (Å²) in [6.07, 6.45) is 0. The Morgan fingerprint density at radius 1 is 0.412 bits per heavy atom. The molecule has 0 N–H and O–H groups in total. The van der Waals surface area contributed by atoms with E-state index in [1.807, 2.05) is 109 Å². The molecule has 4 heteroatoms. The Kier molecular flexibility index (Phi) is 5.66. The van der Waals surface area contributed by atoms with E-state index >= 15 is 0 Å². The zero-order chi connectivity index (χ0) is 38.1. The monoisotopic (exact) mass is 656 g/mol. The summed E-state index contributed by atoms with van der Waals surface area (Å²) in [5, 5.41) is 5.93. The molecule has 0 aliphatic rings. The third-order valence-electron chi connectivity index (χ3n) is 9.39. The van der Waals surface area contributed by atoms with Crippen molar-refractivity contribution in [3.8, 4) is 56.4 Å². The molecule has 0 radical (unpaired) electrons. The van der Waals surface area contributed by atoms with Gasteiger partial charge >= 0.3 is 0 Å². The molecule has 10 rings (SSSR count). The van der Waals surface area contributed by atoms with E-state index in [4.69, 9.17) is 26.2 Å². The van der Waals surface area contributed by atoms with Gasteiger partial charge in [0, 0.05) is 33.0 Å². The Balaban J connectivity index is 1.27. The molecule has 51 heavy (non-hydrogen) atoms. The number of fused-ring (bicyclic) bond motifs is 6. The molecular formula is C47H29N3O. The summed E-state index contributed by atoms with van der Waals surface area (Å²) < 4.78 is 49.6. The number of hydrogen-bond donors (Lipinski definition) is 0. The molecule has 0 bridgehead atoms. The van der Waals surface area contributed by atoms with Crippen molar-refractivity contribution in [2.75, 3.05) is 0 Å². The number of nitrogens with zero attached hydrogens (tertiary/aromatic N) is 3. The van der Waals surface area contributed by atoms with Crippen LogP contribution in [0.1, 0.15) is 6.85 Å². The van der Waals surface area contributed by atoms with Crippen LogP contribution in [0.2, 0.25) is 0 Å². The first-order valence-electron chi connectivity index (χ1n) is 19.2. The number of rotatable bonds is 5. The number of furan rings is 1. The molecule has 0 spiro atoms. The minimum absolute atomic E-state index is 0.0667. The lowest BCUT2D eigenvalue weighted by Gasteiger charge is -2.11. The zero-order valence-corrected chi connectivity index (χ0v) is 27.1. The Morgan fingerprint density at radius 2 is 1.06 bits per heavy atom. The normalized spacial score (nSPS) is 12.9. The maximum atomic E-state index is 8.90. The van der Waals surface area contributed by atoms with Crippen LogP contribution in [-0.4, -0.2) is 15.0 Å². The molecule has 238 valence electrons. The second kappa shape index (κ2) is 11.9. The highest BCUT2D eigenvalue weighted by Gasteiger charge is 2.21. The summed E-state index contributed by atoms with van der Waals surface area (Å²) in [4.78, 5) is 15.3. The van der Waals surface area contributed by atoms with Gasteiger partial charge in [0.2, 0.25) is 0 Å². The van der Waals surface area contributed by atoms with E-state index in [-0.39, 0.29) is 17.6 Å². The predicted molar refractivity (Wildman–Crippen MR) is 209 cm³/mol. The summed E-state index contributed by atoms with van der Waals surface area (Å²) in [6.45, 7) is 0. The van der Waals surface area contributed by atoms with E-state index in [0.29, 0.717) is 45.2 Å². The average molecular weight is 657 g/mol. The molecule has 2 aromatic heterocycles. The number of aromatic nitrogens is 3. The maximum Gasteiger partial charge on any atom is 0.164 e. The van der Waals surface area contributed by atoms with E-state index in [1.165, 1.54) is 0 Å². The zero-order valence-electron chi connectivity index (χ0n) is 32.1. The van der Waals surface area contributed by atoms with Crippen molar-refractivity contribution in [3.05, 3.63) is 176 Å². The van der Waals surface area contributed by atoms with Crippen molar-refractivity contribution in [1.29, 1.82) is 0 Å². The van der Waals surface area contributed by atoms with Gasteiger partial charge in [0.1, 0.15) is 11.2 Å². The van der Waals surface area contributed by atoms with Crippen LogP contribution >= 0.6 is 0 Å². The first-order valence-corrected chi connectivity index (χ1v) is 16.7. The number of benzene rings is 8. The van der Waals surface area contributed by atoms with E-state index in [2.05, 4.69) is 36.4 Å². The van der Waals surface area contributed by atoms with Crippen molar-refractivity contribution >= 4 is 43.5 Å². The van der Waals surface area contributed by atoms with Crippen LogP contribution in [0.25, 0.3) is 99.9 Å². The Bertz CT molecular complexity index is 3170. The molecular weight excluding hydrogens is 623 g/mol. The van der Waals surface area contributed by atoms with Crippen LogP contribution < -0.4 is 0 Å². The minimum atomic E-state index is -0.453. The van der Waals surface area contributed by atoms with Gasteiger partial charge in [-0.15, -0.1) is 0 Å². The molecule has 0 atom stereocenters. The molecule has 4 nitrogen and oxygen atoms in total. The smallest absolute Gasteiger partial charge is 0.164 e. The first-order chi connectivity index (χ1) is 27.3. The minimum Gasteiger partial charge on any atom is -0.455 e. The summed E-state index contributed by atoms with van der Waals surface area (Å²) in [5.41, 5.74) is 5.46. The molecule has 10 aromatic rings. The number of hydrogen-bond acceptors (Lipinski definition) is 4. The van der Waals surface area contributed by atoms with Crippen molar-refractivity contribution in [2.24, 2.45) is 0 Å². The summed E-state index contributed by atoms with van der Waals surface area (Å²) in [7, 11) is 0. The van der Waals surface area contributed by atoms with Crippen molar-refractivity contribution in [1.82, 2.24) is 15.0 Å². The topological polar surface area (TPSA) is 51.8 Å². The quantitative estimate of drug-likeness (QED) is 0.173. The Morgan fingerprint density at radius 3 is 1.86 bits per heavy atom. The Labute approximate surface area is 301 Å². The summed E-state index contributed by atoms with van der Waals surface area (Å²) >= 11 is 0. The summed E-state index contributed by atoms with van der Waals surface area (Å²) in [6, 6.07) is 46.1. The second-order valence-electron chi connectivity index (χ2n) is 12.4. The largest absolute Gasteiger partial charge is 0.455 e. The molecule has 0 aliphatic carbocycles. The molecule has 0 unspecified atom stereocenters. The van der Waals surface area contributed by atoms with E-state index in [1.54, 1.807) is 0 Å². The molecule has 0 saturated carbocycles. The fourth-order valence-electron chi connectivity index (χ4n) is 6.97. The molecule has 0 aliphatic heterocycles. The van der Waals surface area contributed by atoms with Crippen LogP contribution in [0, 0.1) is 0 Å². The van der Waals surface area contributed by atoms with Crippen LogP contribution in [0.5, 0.6) is 0 Å². The lowest BCUT2D eigenvalue weighted by Crippen LogP contribution is -2.00. The molecule has 8 aromatic carbocycles. The lowest BCUT2D eigenvalue weighted by molar-refractivity contribution is 0.670. The van der Waals surface area contributed by atoms with Gasteiger partial charge in [-0.3, -0.25) is 0 Å². The van der Waals surface area contributed by atoms with Crippen molar-refractivity contribution in [3.63, 3.8) is 0 Å². The third kappa shape index (κ3) is 5.04. The molecule has 0 fully saturated rings. The fraction of sp³-hybridized carbons (Fsp3) is 0. The van der Waals surface area contributed by atoms with Gasteiger partial charge in [-0.05, 0) is 62.5 Å². The second-order valence-corrected chi connectivity index (χ2v) is 12.4. The average Bonchev–Trinajstić information content (AvgIpc) is 3.64. The lowest BCUT2D eigenvalue weighted by atomic mass is 9.95. The van der Waals surface area contributed by atoms with Crippen LogP contribution in [-0.2, 0) is 0 Å². The SMILES string of the molecule is [2H]c1c([2H])c([2H])c(-c2cc(-c3ccccc3)cc3c2oc2cccc(-c4nc(-c5ccccc5)nc(-c5ccc6ccc7ccccc7c6c5)n4)c23)c([2H])c1[2H]. The maximum absolute atomic E-state index is 8.90. The van der Waals surface area contributed by atoms with Gasteiger partial charge in [0.15, 0.2) is 17.5 Å². The van der Waals surface area contributed by atoms with E-state index in [9.17, 15) is 0 Å². The third-order valence-corrected chi connectivity index (χ3v) is 9.39. The van der Waals surface area contributed by atoms with Crippen LogP contribution in [0.3, 0.4) is 0 Å². The van der Waals surface area contributed by atoms with Crippen LogP contribution in [0.15, 0.2) is 180 Å². The molecule has 2 heterocycles. The van der Waals surface area contributed by atoms with Gasteiger partial charge in [-0.1, -0.05) is 152 Å². The van der Waals surface area contributed by atoms with E-state index in [0.717, 1.165) is 49.2 Å². The van der Waals surface area contributed by atoms with Gasteiger partial charge in [0.05, 0.1) is 6.85 Å². The summed E-state index contributed by atoms with van der Waals surface area (Å²) in [5.74, 6) is 1.46. The van der Waals surface area contributed by atoms with Crippen LogP contribution in [0.4, 0.5) is 0 Å². The molecule has 0 saturated heterocycles. The highest BCUT2D eigenvalue weighted by molar-refractivity contribution is 6.16. The predicted octanol–water partition coefficient (Wildman–Crippen LogP) is 12.4. The first kappa shape index (κ1) is 24.3. The van der Waals surface area contributed by atoms with Crippen molar-refractivity contribution in [2.45, 2.75) is 0 Å². The van der Waals surface area contributed by atoms with Gasteiger partial charge in [-0.2, -0.15) is 0 Å². The highest BCUT2D eigenvalue weighted by atomic mass is 16.3. The Hall–Kier alpha value is -6.91.